The zero-order chi connectivity index (χ0) is 20.0. The van der Waals surface area contributed by atoms with E-state index in [2.05, 4.69) is 21.1 Å². The fourth-order valence-corrected chi connectivity index (χ4v) is 5.49. The third-order valence-electron chi connectivity index (χ3n) is 5.14. The smallest absolute Gasteiger partial charge is 0.244 e. The molecule has 0 radical (unpaired) electrons. The highest BCUT2D eigenvalue weighted by molar-refractivity contribution is 7.89. The average molecular weight is 425 g/mol. The summed E-state index contributed by atoms with van der Waals surface area (Å²) in [5.74, 6) is 0.824. The Morgan fingerprint density at radius 3 is 2.46 bits per heavy atom. The molecule has 0 unspecified atom stereocenters. The fourth-order valence-electron chi connectivity index (χ4n) is 3.59. The summed E-state index contributed by atoms with van der Waals surface area (Å²) in [5, 5.41) is 4.15. The Balaban J connectivity index is 1.80. The molecule has 6 nitrogen and oxygen atoms in total. The predicted molar refractivity (Wildman–Crippen MR) is 112 cm³/mol. The normalized spacial score (nSPS) is 17.1. The van der Waals surface area contributed by atoms with Gasteiger partial charge in [0.2, 0.25) is 10.0 Å². The highest BCUT2D eigenvalue weighted by atomic mass is 32.2. The summed E-state index contributed by atoms with van der Waals surface area (Å²) in [7, 11) is -0.723. The minimum Gasteiger partial charge on any atom is -0.497 e. The Labute approximate surface area is 171 Å². The number of likely N-dealkylation sites (tertiary alicyclic amines) is 1. The fraction of sp³-hybridized carbons (Fsp3) is 0.500. The maximum Gasteiger partial charge on any atom is 0.244 e. The number of methoxy groups -OCH3 is 2. The number of hydrogen-bond acceptors (Lipinski definition) is 6. The third-order valence-corrected chi connectivity index (χ3v) is 7.30. The molecule has 1 atom stereocenters. The molecule has 0 amide bonds. The van der Waals surface area contributed by atoms with E-state index in [0.717, 1.165) is 31.5 Å². The molecule has 0 aliphatic carbocycles. The van der Waals surface area contributed by atoms with Crippen molar-refractivity contribution in [1.29, 1.82) is 0 Å². The summed E-state index contributed by atoms with van der Waals surface area (Å²) >= 11 is 1.64. The van der Waals surface area contributed by atoms with E-state index in [1.807, 2.05) is 5.38 Å². The Morgan fingerprint density at radius 2 is 1.86 bits per heavy atom. The third kappa shape index (κ3) is 5.05. The van der Waals surface area contributed by atoms with Crippen LogP contribution >= 0.6 is 11.3 Å². The van der Waals surface area contributed by atoms with Crippen LogP contribution in [-0.2, 0) is 10.0 Å². The van der Waals surface area contributed by atoms with Gasteiger partial charge in [-0.3, -0.25) is 4.90 Å². The lowest BCUT2D eigenvalue weighted by atomic mass is 10.1. The number of thiophene rings is 1. The molecule has 1 fully saturated rings. The lowest BCUT2D eigenvalue weighted by Crippen LogP contribution is -2.38. The molecular weight excluding hydrogens is 396 g/mol. The maximum atomic E-state index is 13.0. The largest absolute Gasteiger partial charge is 0.497 e. The van der Waals surface area contributed by atoms with Gasteiger partial charge < -0.3 is 9.47 Å². The Morgan fingerprint density at radius 1 is 1.11 bits per heavy atom. The van der Waals surface area contributed by atoms with Gasteiger partial charge in [-0.15, -0.1) is 0 Å². The molecule has 0 spiro atoms. The van der Waals surface area contributed by atoms with Crippen LogP contribution in [-0.4, -0.2) is 47.2 Å². The lowest BCUT2D eigenvalue weighted by molar-refractivity contribution is 0.206. The van der Waals surface area contributed by atoms with Crippen molar-refractivity contribution in [2.24, 2.45) is 0 Å². The predicted octanol–water partition coefficient (Wildman–Crippen LogP) is 3.66. The van der Waals surface area contributed by atoms with Crippen LogP contribution in [0.25, 0.3) is 0 Å². The molecule has 0 bridgehead atoms. The second-order valence-corrected chi connectivity index (χ2v) is 9.41. The van der Waals surface area contributed by atoms with Crippen LogP contribution in [0, 0.1) is 0 Å². The van der Waals surface area contributed by atoms with Crippen LogP contribution in [0.15, 0.2) is 39.9 Å². The van der Waals surface area contributed by atoms with Crippen molar-refractivity contribution in [2.45, 2.75) is 36.6 Å². The second kappa shape index (κ2) is 9.73. The minimum absolute atomic E-state index is 0.0309. The van der Waals surface area contributed by atoms with Crippen molar-refractivity contribution in [2.75, 3.05) is 33.9 Å². The van der Waals surface area contributed by atoms with Crippen molar-refractivity contribution >= 4 is 21.4 Å². The zero-order valence-electron chi connectivity index (χ0n) is 16.4. The summed E-state index contributed by atoms with van der Waals surface area (Å²) in [4.78, 5) is 2.53. The van der Waals surface area contributed by atoms with Gasteiger partial charge in [0.05, 0.1) is 14.2 Å². The van der Waals surface area contributed by atoms with E-state index in [9.17, 15) is 8.42 Å². The van der Waals surface area contributed by atoms with Crippen molar-refractivity contribution in [3.05, 3.63) is 40.6 Å². The number of hydrogen-bond donors (Lipinski definition) is 1. The van der Waals surface area contributed by atoms with E-state index in [0.29, 0.717) is 12.3 Å². The number of ether oxygens (including phenoxy) is 2. The van der Waals surface area contributed by atoms with E-state index in [1.165, 1.54) is 33.1 Å². The topological polar surface area (TPSA) is 67.9 Å². The zero-order valence-corrected chi connectivity index (χ0v) is 18.0. The van der Waals surface area contributed by atoms with Crippen molar-refractivity contribution in [3.63, 3.8) is 0 Å². The first kappa shape index (κ1) is 21.1. The summed E-state index contributed by atoms with van der Waals surface area (Å²) in [6, 6.07) is 6.85. The monoisotopic (exact) mass is 424 g/mol. The molecule has 1 N–H and O–H groups in total. The number of rotatable bonds is 8. The molecule has 1 aromatic carbocycles. The van der Waals surface area contributed by atoms with Gasteiger partial charge >= 0.3 is 0 Å². The molecule has 154 valence electrons. The van der Waals surface area contributed by atoms with Crippen LogP contribution in [0.1, 0.15) is 37.3 Å². The summed E-state index contributed by atoms with van der Waals surface area (Å²) < 4.78 is 39.2. The van der Waals surface area contributed by atoms with Crippen molar-refractivity contribution in [3.8, 4) is 11.5 Å². The molecule has 0 saturated carbocycles. The molecule has 3 rings (SSSR count). The molecule has 2 heterocycles. The summed E-state index contributed by atoms with van der Waals surface area (Å²) in [6.45, 7) is 2.32. The average Bonchev–Trinajstić information content (AvgIpc) is 3.10. The van der Waals surface area contributed by atoms with Crippen molar-refractivity contribution in [1.82, 2.24) is 9.62 Å². The van der Waals surface area contributed by atoms with Crippen LogP contribution in [0.4, 0.5) is 0 Å². The summed E-state index contributed by atoms with van der Waals surface area (Å²) in [5.41, 5.74) is 1.16. The van der Waals surface area contributed by atoms with Gasteiger partial charge in [-0.2, -0.15) is 11.3 Å². The number of sulfonamides is 1. The number of nitrogens with zero attached hydrogens (tertiary/aromatic N) is 1. The van der Waals surface area contributed by atoms with Crippen LogP contribution < -0.4 is 14.2 Å². The molecule has 2 aromatic rings. The molecule has 1 saturated heterocycles. The SMILES string of the molecule is COc1ccc(S(=O)(=O)NC[C@@H](c2ccsc2)N2CCCCCC2)c(OC)c1. The molecule has 1 aliphatic heterocycles. The molecule has 28 heavy (non-hydrogen) atoms. The van der Waals surface area contributed by atoms with E-state index in [-0.39, 0.29) is 16.7 Å². The highest BCUT2D eigenvalue weighted by Gasteiger charge is 2.26. The van der Waals surface area contributed by atoms with Gasteiger partial charge in [0.15, 0.2) is 0 Å². The lowest BCUT2D eigenvalue weighted by Gasteiger charge is -2.30. The molecular formula is C20H28N2O4S2. The van der Waals surface area contributed by atoms with E-state index in [4.69, 9.17) is 9.47 Å². The van der Waals surface area contributed by atoms with Crippen LogP contribution in [0.3, 0.4) is 0 Å². The van der Waals surface area contributed by atoms with Gasteiger partial charge in [-0.05, 0) is 60.5 Å². The standard InChI is InChI=1S/C20H28N2O4S2/c1-25-17-7-8-20(19(13-17)26-2)28(23,24)21-14-18(16-9-12-27-15-16)22-10-5-3-4-6-11-22/h7-9,12-13,15,18,21H,3-6,10-11,14H2,1-2H3/t18-/m0/s1. The Bertz CT molecular complexity index is 845. The van der Waals surface area contributed by atoms with Gasteiger partial charge in [0.1, 0.15) is 16.4 Å². The minimum atomic E-state index is -3.72. The Hall–Kier alpha value is -1.61. The molecule has 1 aromatic heterocycles. The first-order valence-electron chi connectivity index (χ1n) is 9.53. The number of benzene rings is 1. The van der Waals surface area contributed by atoms with Crippen LogP contribution in [0.5, 0.6) is 11.5 Å². The van der Waals surface area contributed by atoms with Crippen molar-refractivity contribution < 1.29 is 17.9 Å². The second-order valence-electron chi connectivity index (χ2n) is 6.89. The van der Waals surface area contributed by atoms with Gasteiger partial charge in [0.25, 0.3) is 0 Å². The van der Waals surface area contributed by atoms with E-state index < -0.39 is 10.0 Å². The van der Waals surface area contributed by atoms with Crippen LogP contribution in [0.2, 0.25) is 0 Å². The number of nitrogens with one attached hydrogen (secondary N) is 1. The van der Waals surface area contributed by atoms with Gasteiger partial charge in [-0.1, -0.05) is 12.8 Å². The van der Waals surface area contributed by atoms with Gasteiger partial charge in [-0.25, -0.2) is 13.1 Å². The highest BCUT2D eigenvalue weighted by Crippen LogP contribution is 2.30. The molecule has 1 aliphatic rings. The summed E-state index contributed by atoms with van der Waals surface area (Å²) in [6.07, 6.45) is 4.78. The van der Waals surface area contributed by atoms with Gasteiger partial charge in [0, 0.05) is 18.7 Å². The first-order valence-corrected chi connectivity index (χ1v) is 12.0. The Kier molecular flexibility index (Phi) is 7.34. The molecule has 8 heteroatoms. The first-order chi connectivity index (χ1) is 13.5. The maximum absolute atomic E-state index is 13.0. The van der Waals surface area contributed by atoms with E-state index >= 15 is 0 Å². The quantitative estimate of drug-likeness (QED) is 0.700. The van der Waals surface area contributed by atoms with E-state index in [1.54, 1.807) is 23.5 Å².